The summed E-state index contributed by atoms with van der Waals surface area (Å²) in [7, 11) is 2.79. The minimum atomic E-state index is 0.848. The highest BCUT2D eigenvalue weighted by atomic mass is 127. The molecule has 1 aliphatic heterocycles. The number of hydrogen-bond acceptors (Lipinski definition) is 1. The molecule has 48 valence electrons. The van der Waals surface area contributed by atoms with E-state index in [2.05, 4.69) is 36.7 Å². The summed E-state index contributed by atoms with van der Waals surface area (Å²) in [6.45, 7) is 1.28. The lowest BCUT2D eigenvalue weighted by Crippen LogP contribution is -2.19. The Hall–Kier alpha value is 1.12. The van der Waals surface area contributed by atoms with Gasteiger partial charge < -0.3 is 0 Å². The fourth-order valence-corrected chi connectivity index (χ4v) is 2.84. The molecule has 2 atom stereocenters. The van der Waals surface area contributed by atoms with Crippen LogP contribution in [0.2, 0.25) is 0 Å². The zero-order chi connectivity index (χ0) is 5.98. The van der Waals surface area contributed by atoms with Crippen LogP contribution in [0.4, 0.5) is 0 Å². The van der Waals surface area contributed by atoms with E-state index in [0.29, 0.717) is 0 Å². The normalized spacial score (nSPS) is 31.5. The number of hydrogen-bond donors (Lipinski definition) is 0. The largest absolute Gasteiger partial charge is 0.284 e. The lowest BCUT2D eigenvalue weighted by atomic mass is 10.3. The highest BCUT2D eigenvalue weighted by Gasteiger charge is 2.18. The third-order valence-corrected chi connectivity index (χ3v) is 3.30. The summed E-state index contributed by atoms with van der Waals surface area (Å²) in [4.78, 5) is 0. The summed E-state index contributed by atoms with van der Waals surface area (Å²) < 4.78 is 3.65. The van der Waals surface area contributed by atoms with Crippen LogP contribution in [0.15, 0.2) is 0 Å². The van der Waals surface area contributed by atoms with E-state index < -0.39 is 0 Å². The van der Waals surface area contributed by atoms with Crippen LogP contribution >= 0.6 is 32.0 Å². The van der Waals surface area contributed by atoms with Gasteiger partial charge in [-0.1, -0.05) is 32.0 Å². The number of nitrogens with zero attached hydrogens (tertiary/aromatic N) is 1. The Bertz CT molecular complexity index is 78.8. The zero-order valence-electron chi connectivity index (χ0n) is 4.81. The van der Waals surface area contributed by atoms with Gasteiger partial charge in [0, 0.05) is 17.0 Å². The third-order valence-electron chi connectivity index (χ3n) is 1.60. The molecular formula is C5H11INP. The van der Waals surface area contributed by atoms with E-state index in [9.17, 15) is 0 Å². The molecule has 0 aromatic rings. The van der Waals surface area contributed by atoms with Gasteiger partial charge in [-0.2, -0.15) is 0 Å². The Balaban J connectivity index is 2.30. The lowest BCUT2D eigenvalue weighted by molar-refractivity contribution is 0.477. The first-order chi connectivity index (χ1) is 3.84. The molecule has 1 fully saturated rings. The molecule has 1 heterocycles. The first-order valence-electron chi connectivity index (χ1n) is 2.92. The van der Waals surface area contributed by atoms with Crippen LogP contribution in [0.3, 0.4) is 0 Å². The van der Waals surface area contributed by atoms with Crippen LogP contribution in [0.1, 0.15) is 12.8 Å². The van der Waals surface area contributed by atoms with Crippen molar-refractivity contribution in [1.29, 1.82) is 0 Å². The fourth-order valence-electron chi connectivity index (χ4n) is 1.02. The van der Waals surface area contributed by atoms with Crippen LogP contribution in [-0.4, -0.2) is 21.7 Å². The zero-order valence-corrected chi connectivity index (χ0v) is 8.12. The average molecular weight is 243 g/mol. The predicted octanol–water partition coefficient (Wildman–Crippen LogP) is 1.68. The number of alkyl halides is 1. The SMILES string of the molecule is PN1CCCC1CI. The Morgan fingerprint density at radius 1 is 1.75 bits per heavy atom. The highest BCUT2D eigenvalue weighted by molar-refractivity contribution is 14.1. The van der Waals surface area contributed by atoms with E-state index in [-0.39, 0.29) is 0 Å². The molecule has 0 aliphatic carbocycles. The van der Waals surface area contributed by atoms with Gasteiger partial charge in [0.25, 0.3) is 0 Å². The number of rotatable bonds is 1. The second kappa shape index (κ2) is 3.33. The molecule has 1 aliphatic rings. The van der Waals surface area contributed by atoms with Gasteiger partial charge in [0.1, 0.15) is 0 Å². The van der Waals surface area contributed by atoms with Gasteiger partial charge in [-0.05, 0) is 12.8 Å². The van der Waals surface area contributed by atoms with E-state index in [0.717, 1.165) is 6.04 Å². The van der Waals surface area contributed by atoms with Gasteiger partial charge >= 0.3 is 0 Å². The standard InChI is InChI=1S/C5H11INP/c6-4-5-2-1-3-7(5)8/h5H,1-4,8H2. The van der Waals surface area contributed by atoms with E-state index in [1.165, 1.54) is 23.8 Å². The maximum absolute atomic E-state index is 2.79. The van der Waals surface area contributed by atoms with E-state index in [1.54, 1.807) is 0 Å². The molecule has 1 nitrogen and oxygen atoms in total. The molecule has 0 N–H and O–H groups in total. The molecule has 0 aromatic carbocycles. The van der Waals surface area contributed by atoms with Crippen molar-refractivity contribution < 1.29 is 0 Å². The van der Waals surface area contributed by atoms with Crippen molar-refractivity contribution in [2.45, 2.75) is 18.9 Å². The first-order valence-corrected chi connectivity index (χ1v) is 4.96. The molecule has 1 saturated heterocycles. The van der Waals surface area contributed by atoms with Gasteiger partial charge in [-0.3, -0.25) is 4.67 Å². The van der Waals surface area contributed by atoms with Gasteiger partial charge in [-0.15, -0.1) is 0 Å². The molecule has 0 amide bonds. The van der Waals surface area contributed by atoms with E-state index >= 15 is 0 Å². The second-order valence-electron chi connectivity index (χ2n) is 2.19. The average Bonchev–Trinajstić information content (AvgIpc) is 2.14. The maximum Gasteiger partial charge on any atom is 0.0219 e. The Morgan fingerprint density at radius 2 is 2.50 bits per heavy atom. The van der Waals surface area contributed by atoms with Crippen molar-refractivity contribution in [3.63, 3.8) is 0 Å². The fraction of sp³-hybridized carbons (Fsp3) is 1.00. The molecule has 0 radical (unpaired) electrons. The molecule has 2 unspecified atom stereocenters. The summed E-state index contributed by atoms with van der Waals surface area (Å²) in [5, 5.41) is 0. The molecule has 8 heavy (non-hydrogen) atoms. The van der Waals surface area contributed by atoms with Crippen molar-refractivity contribution in [1.82, 2.24) is 4.67 Å². The molecule has 3 heteroatoms. The maximum atomic E-state index is 2.79. The van der Waals surface area contributed by atoms with Crippen molar-refractivity contribution in [2.24, 2.45) is 0 Å². The topological polar surface area (TPSA) is 3.24 Å². The molecule has 1 rings (SSSR count). The van der Waals surface area contributed by atoms with Crippen molar-refractivity contribution in [3.8, 4) is 0 Å². The van der Waals surface area contributed by atoms with Crippen molar-refractivity contribution in [2.75, 3.05) is 11.0 Å². The smallest absolute Gasteiger partial charge is 0.0219 e. The first kappa shape index (κ1) is 7.23. The monoisotopic (exact) mass is 243 g/mol. The summed E-state index contributed by atoms with van der Waals surface area (Å²) in [5.74, 6) is 0. The van der Waals surface area contributed by atoms with Crippen LogP contribution in [0.25, 0.3) is 0 Å². The summed E-state index contributed by atoms with van der Waals surface area (Å²) in [6, 6.07) is 0.848. The summed E-state index contributed by atoms with van der Waals surface area (Å²) >= 11 is 2.45. The molecule has 0 bridgehead atoms. The Morgan fingerprint density at radius 3 is 2.75 bits per heavy atom. The van der Waals surface area contributed by atoms with Crippen molar-refractivity contribution in [3.05, 3.63) is 0 Å². The van der Waals surface area contributed by atoms with E-state index in [1.807, 2.05) is 0 Å². The Kier molecular flexibility index (Phi) is 3.01. The highest BCUT2D eigenvalue weighted by Crippen LogP contribution is 2.21. The van der Waals surface area contributed by atoms with Crippen LogP contribution in [0.5, 0.6) is 0 Å². The molecular weight excluding hydrogens is 232 g/mol. The molecule has 0 saturated carbocycles. The van der Waals surface area contributed by atoms with Crippen LogP contribution in [-0.2, 0) is 0 Å². The van der Waals surface area contributed by atoms with Gasteiger partial charge in [0.05, 0.1) is 0 Å². The molecule has 0 spiro atoms. The summed E-state index contributed by atoms with van der Waals surface area (Å²) in [5.41, 5.74) is 0. The minimum Gasteiger partial charge on any atom is -0.284 e. The molecule has 0 aromatic heterocycles. The number of halogens is 1. The second-order valence-corrected chi connectivity index (χ2v) is 3.73. The van der Waals surface area contributed by atoms with Gasteiger partial charge in [0.15, 0.2) is 0 Å². The van der Waals surface area contributed by atoms with Crippen LogP contribution in [0, 0.1) is 0 Å². The third kappa shape index (κ3) is 1.55. The van der Waals surface area contributed by atoms with Gasteiger partial charge in [-0.25, -0.2) is 0 Å². The minimum absolute atomic E-state index is 0.848. The quantitative estimate of drug-likeness (QED) is 0.384. The van der Waals surface area contributed by atoms with Crippen molar-refractivity contribution >= 4 is 32.0 Å². The van der Waals surface area contributed by atoms with Crippen LogP contribution < -0.4 is 0 Å². The summed E-state index contributed by atoms with van der Waals surface area (Å²) in [6.07, 6.45) is 2.78. The lowest BCUT2D eigenvalue weighted by Gasteiger charge is -2.14. The predicted molar refractivity (Wildman–Crippen MR) is 48.3 cm³/mol. The van der Waals surface area contributed by atoms with Gasteiger partial charge in [0.2, 0.25) is 0 Å². The Labute approximate surface area is 66.6 Å². The van der Waals surface area contributed by atoms with E-state index in [4.69, 9.17) is 0 Å².